The molecule has 0 atom stereocenters. The van der Waals surface area contributed by atoms with Gasteiger partial charge in [0.2, 0.25) is 11.7 Å². The molecule has 8 heteroatoms. The lowest BCUT2D eigenvalue weighted by atomic mass is 10.1. The highest BCUT2D eigenvalue weighted by atomic mass is 32.2. The number of amides is 1. The summed E-state index contributed by atoms with van der Waals surface area (Å²) in [5.74, 6) is 0.280. The van der Waals surface area contributed by atoms with E-state index >= 15 is 0 Å². The van der Waals surface area contributed by atoms with E-state index in [0.29, 0.717) is 5.76 Å². The highest BCUT2D eigenvalue weighted by Crippen LogP contribution is 2.19. The van der Waals surface area contributed by atoms with Gasteiger partial charge in [-0.25, -0.2) is 0 Å². The molecule has 0 aliphatic carbocycles. The van der Waals surface area contributed by atoms with Gasteiger partial charge in [0.15, 0.2) is 0 Å². The van der Waals surface area contributed by atoms with Crippen LogP contribution in [0.15, 0.2) is 50.4 Å². The van der Waals surface area contributed by atoms with Crippen molar-refractivity contribution in [1.29, 1.82) is 0 Å². The number of thioether (sulfide) groups is 1. The summed E-state index contributed by atoms with van der Waals surface area (Å²) in [6, 6.07) is 9.39. The van der Waals surface area contributed by atoms with Crippen molar-refractivity contribution in [2.24, 2.45) is 0 Å². The molecule has 2 heterocycles. The number of benzene rings is 1. The van der Waals surface area contributed by atoms with E-state index in [2.05, 4.69) is 20.7 Å². The molecule has 1 aromatic carbocycles. The molecule has 2 aromatic heterocycles. The van der Waals surface area contributed by atoms with Gasteiger partial charge in [-0.3, -0.25) is 10.1 Å². The average molecular weight is 316 g/mol. The van der Waals surface area contributed by atoms with Gasteiger partial charge in [-0.2, -0.15) is 0 Å². The van der Waals surface area contributed by atoms with Crippen molar-refractivity contribution in [3.05, 3.63) is 42.1 Å². The second kappa shape index (κ2) is 6.44. The lowest BCUT2D eigenvalue weighted by Crippen LogP contribution is -2.14. The van der Waals surface area contributed by atoms with Crippen LogP contribution in [0.3, 0.4) is 0 Å². The van der Waals surface area contributed by atoms with E-state index in [0.717, 1.165) is 10.5 Å². The van der Waals surface area contributed by atoms with Gasteiger partial charge in [0.1, 0.15) is 0 Å². The number of aromatic nitrogens is 3. The molecule has 0 spiro atoms. The Morgan fingerprint density at radius 1 is 1.23 bits per heavy atom. The first-order valence-corrected chi connectivity index (χ1v) is 7.64. The third kappa shape index (κ3) is 3.34. The van der Waals surface area contributed by atoms with Crippen LogP contribution in [-0.4, -0.2) is 27.5 Å². The molecule has 112 valence electrons. The number of nitrogens with zero attached hydrogens (tertiary/aromatic N) is 3. The topological polar surface area (TPSA) is 94.1 Å². The predicted octanol–water partition coefficient (Wildman–Crippen LogP) is 2.63. The zero-order valence-corrected chi connectivity index (χ0v) is 12.5. The van der Waals surface area contributed by atoms with Crippen molar-refractivity contribution in [3.8, 4) is 11.7 Å². The Labute approximate surface area is 130 Å². The van der Waals surface area contributed by atoms with E-state index in [4.69, 9.17) is 8.94 Å². The molecule has 0 saturated heterocycles. The van der Waals surface area contributed by atoms with Gasteiger partial charge in [0, 0.05) is 11.0 Å². The second-order valence-electron chi connectivity index (χ2n) is 4.36. The summed E-state index contributed by atoms with van der Waals surface area (Å²) in [7, 11) is 0. The smallest absolute Gasteiger partial charge is 0.322 e. The predicted molar refractivity (Wildman–Crippen MR) is 80.4 cm³/mol. The maximum Gasteiger partial charge on any atom is 0.322 e. The first-order valence-electron chi connectivity index (χ1n) is 6.42. The van der Waals surface area contributed by atoms with Crippen LogP contribution in [-0.2, 0) is 11.2 Å². The zero-order chi connectivity index (χ0) is 15.4. The molecule has 3 rings (SSSR count). The van der Waals surface area contributed by atoms with E-state index < -0.39 is 0 Å². The van der Waals surface area contributed by atoms with Crippen LogP contribution in [0, 0.1) is 0 Å². The molecule has 22 heavy (non-hydrogen) atoms. The van der Waals surface area contributed by atoms with Crippen molar-refractivity contribution >= 4 is 23.7 Å². The number of hydrogen-bond donors (Lipinski definition) is 1. The number of carbonyl (C=O) groups is 1. The molecule has 3 aromatic rings. The molecule has 0 unspecified atom stereocenters. The fourth-order valence-corrected chi connectivity index (χ4v) is 2.20. The molecule has 0 saturated carbocycles. The summed E-state index contributed by atoms with van der Waals surface area (Å²) in [6.45, 7) is 0. The Balaban J connectivity index is 1.61. The Morgan fingerprint density at radius 2 is 2.05 bits per heavy atom. The number of rotatable bonds is 5. The zero-order valence-electron chi connectivity index (χ0n) is 11.6. The third-order valence-corrected chi connectivity index (χ3v) is 3.59. The summed E-state index contributed by atoms with van der Waals surface area (Å²) < 4.78 is 10.2. The first kappa shape index (κ1) is 14.3. The van der Waals surface area contributed by atoms with Crippen molar-refractivity contribution in [2.75, 3.05) is 11.6 Å². The van der Waals surface area contributed by atoms with Crippen LogP contribution in [0.1, 0.15) is 5.56 Å². The number of nitrogens with one attached hydrogen (secondary N) is 1. The van der Waals surface area contributed by atoms with Crippen LogP contribution in [0.4, 0.5) is 6.01 Å². The SMILES string of the molecule is CSc1ccc(CC(=O)Nc2nnc(-c3ccno3)o2)cc1. The number of carbonyl (C=O) groups excluding carboxylic acids is 1. The lowest BCUT2D eigenvalue weighted by Gasteiger charge is -2.02. The highest BCUT2D eigenvalue weighted by Gasteiger charge is 2.14. The molecule has 0 aliphatic rings. The molecular formula is C14H12N4O3S. The minimum atomic E-state index is -0.232. The summed E-state index contributed by atoms with van der Waals surface area (Å²) in [5.41, 5.74) is 0.908. The van der Waals surface area contributed by atoms with Gasteiger partial charge in [-0.15, -0.1) is 16.9 Å². The molecule has 0 fully saturated rings. The molecule has 0 bridgehead atoms. The molecule has 7 nitrogen and oxygen atoms in total. The Kier molecular flexibility index (Phi) is 4.19. The first-order chi connectivity index (χ1) is 10.7. The Morgan fingerprint density at radius 3 is 2.73 bits per heavy atom. The average Bonchev–Trinajstić information content (AvgIpc) is 3.19. The van der Waals surface area contributed by atoms with Crippen LogP contribution < -0.4 is 5.32 Å². The Hall–Kier alpha value is -2.61. The largest absolute Gasteiger partial charge is 0.400 e. The maximum atomic E-state index is 12.0. The monoisotopic (exact) mass is 316 g/mol. The molecule has 1 N–H and O–H groups in total. The molecule has 1 amide bonds. The van der Waals surface area contributed by atoms with E-state index in [1.54, 1.807) is 17.8 Å². The summed E-state index contributed by atoms with van der Waals surface area (Å²) in [5, 5.41) is 13.6. The van der Waals surface area contributed by atoms with Gasteiger partial charge < -0.3 is 8.94 Å². The van der Waals surface area contributed by atoms with E-state index in [1.165, 1.54) is 6.20 Å². The third-order valence-electron chi connectivity index (χ3n) is 2.84. The van der Waals surface area contributed by atoms with E-state index in [-0.39, 0.29) is 24.2 Å². The van der Waals surface area contributed by atoms with Crippen LogP contribution in [0.5, 0.6) is 0 Å². The van der Waals surface area contributed by atoms with Crippen LogP contribution >= 0.6 is 11.8 Å². The summed E-state index contributed by atoms with van der Waals surface area (Å²) >= 11 is 1.65. The van der Waals surface area contributed by atoms with E-state index in [1.807, 2.05) is 30.5 Å². The number of anilines is 1. The van der Waals surface area contributed by atoms with Crippen LogP contribution in [0.2, 0.25) is 0 Å². The molecule has 0 radical (unpaired) electrons. The highest BCUT2D eigenvalue weighted by molar-refractivity contribution is 7.98. The van der Waals surface area contributed by atoms with Crippen molar-refractivity contribution in [2.45, 2.75) is 11.3 Å². The second-order valence-corrected chi connectivity index (χ2v) is 5.24. The standard InChI is InChI=1S/C14H12N4O3S/c1-22-10-4-2-9(3-5-10)8-12(19)16-14-18-17-13(20-14)11-6-7-15-21-11/h2-7H,8H2,1H3,(H,16,18,19). The Bertz CT molecular complexity index is 753. The molecular weight excluding hydrogens is 304 g/mol. The van der Waals surface area contributed by atoms with Gasteiger partial charge in [-0.1, -0.05) is 22.4 Å². The summed E-state index contributed by atoms with van der Waals surface area (Å²) in [4.78, 5) is 13.1. The lowest BCUT2D eigenvalue weighted by molar-refractivity contribution is -0.115. The van der Waals surface area contributed by atoms with Crippen molar-refractivity contribution < 1.29 is 13.7 Å². The normalized spacial score (nSPS) is 10.6. The fourth-order valence-electron chi connectivity index (χ4n) is 1.79. The van der Waals surface area contributed by atoms with E-state index in [9.17, 15) is 4.79 Å². The minimum Gasteiger partial charge on any atom is -0.400 e. The van der Waals surface area contributed by atoms with Gasteiger partial charge in [0.25, 0.3) is 5.89 Å². The fraction of sp³-hybridized carbons (Fsp3) is 0.143. The van der Waals surface area contributed by atoms with Gasteiger partial charge in [-0.05, 0) is 24.0 Å². The minimum absolute atomic E-state index is 0.0251. The van der Waals surface area contributed by atoms with Crippen LogP contribution in [0.25, 0.3) is 11.7 Å². The van der Waals surface area contributed by atoms with Crippen molar-refractivity contribution in [3.63, 3.8) is 0 Å². The maximum absolute atomic E-state index is 12.0. The quantitative estimate of drug-likeness (QED) is 0.723. The van der Waals surface area contributed by atoms with Gasteiger partial charge >= 0.3 is 6.01 Å². The summed E-state index contributed by atoms with van der Waals surface area (Å²) in [6.07, 6.45) is 3.70. The molecule has 0 aliphatic heterocycles. The van der Waals surface area contributed by atoms with Gasteiger partial charge in [0.05, 0.1) is 12.6 Å². The number of hydrogen-bond acceptors (Lipinski definition) is 7. The van der Waals surface area contributed by atoms with Crippen molar-refractivity contribution in [1.82, 2.24) is 15.4 Å².